The molecule has 3 rings (SSSR count). The highest BCUT2D eigenvalue weighted by molar-refractivity contribution is 5.96. The Bertz CT molecular complexity index is 561. The van der Waals surface area contributed by atoms with E-state index in [9.17, 15) is 4.79 Å². The minimum atomic E-state index is 0.274. The van der Waals surface area contributed by atoms with E-state index in [1.54, 1.807) is 0 Å². The van der Waals surface area contributed by atoms with Gasteiger partial charge in [0, 0.05) is 18.2 Å². The summed E-state index contributed by atoms with van der Waals surface area (Å²) < 4.78 is 0. The molecular weight excluding hydrogens is 284 g/mol. The predicted molar refractivity (Wildman–Crippen MR) is 95.8 cm³/mol. The normalized spacial score (nSPS) is 24.1. The fraction of sp³-hybridized carbons (Fsp3) is 0.650. The maximum atomic E-state index is 12.5. The Kier molecular flexibility index (Phi) is 5.05. The Balaban J connectivity index is 1.73. The molecule has 0 bridgehead atoms. The average Bonchev–Trinajstić information content (AvgIpc) is 2.82. The number of carbonyl (C=O) groups is 1. The molecule has 2 heterocycles. The van der Waals surface area contributed by atoms with E-state index in [-0.39, 0.29) is 5.91 Å². The topological polar surface area (TPSA) is 32.3 Å². The molecule has 2 unspecified atom stereocenters. The number of amides is 1. The van der Waals surface area contributed by atoms with Crippen molar-refractivity contribution in [2.24, 2.45) is 11.8 Å². The largest absolute Gasteiger partial charge is 0.316 e. The van der Waals surface area contributed by atoms with Crippen LogP contribution in [0.15, 0.2) is 18.2 Å². The van der Waals surface area contributed by atoms with E-state index in [1.165, 1.54) is 30.5 Å². The second kappa shape index (κ2) is 7.04. The Hall–Kier alpha value is -1.35. The molecule has 0 aliphatic carbocycles. The van der Waals surface area contributed by atoms with Crippen molar-refractivity contribution in [3.63, 3.8) is 0 Å². The van der Waals surface area contributed by atoms with Crippen LogP contribution in [0.5, 0.6) is 0 Å². The molecule has 1 N–H and O–H groups in total. The zero-order valence-corrected chi connectivity index (χ0v) is 14.8. The Labute approximate surface area is 140 Å². The van der Waals surface area contributed by atoms with Crippen molar-refractivity contribution in [3.8, 4) is 0 Å². The molecule has 1 aromatic rings. The van der Waals surface area contributed by atoms with Gasteiger partial charge in [-0.25, -0.2) is 0 Å². The lowest BCUT2D eigenvalue weighted by molar-refractivity contribution is -0.119. The van der Waals surface area contributed by atoms with Crippen molar-refractivity contribution in [3.05, 3.63) is 29.3 Å². The summed E-state index contributed by atoms with van der Waals surface area (Å²) in [6.07, 6.45) is 5.42. The first-order chi connectivity index (χ1) is 11.0. The summed E-state index contributed by atoms with van der Waals surface area (Å²) in [5, 5.41) is 3.50. The van der Waals surface area contributed by atoms with E-state index >= 15 is 0 Å². The fourth-order valence-corrected chi connectivity index (χ4v) is 4.07. The van der Waals surface area contributed by atoms with Gasteiger partial charge in [0.15, 0.2) is 0 Å². The third kappa shape index (κ3) is 3.77. The summed E-state index contributed by atoms with van der Waals surface area (Å²) >= 11 is 0. The van der Waals surface area contributed by atoms with Gasteiger partial charge >= 0.3 is 0 Å². The predicted octanol–water partition coefficient (Wildman–Crippen LogP) is 3.55. The monoisotopic (exact) mass is 314 g/mol. The van der Waals surface area contributed by atoms with Gasteiger partial charge in [0.1, 0.15) is 0 Å². The lowest BCUT2D eigenvalue weighted by atomic mass is 9.91. The van der Waals surface area contributed by atoms with Crippen LogP contribution in [0.4, 0.5) is 5.69 Å². The molecule has 1 aromatic carbocycles. The van der Waals surface area contributed by atoms with Crippen LogP contribution in [-0.4, -0.2) is 25.0 Å². The highest BCUT2D eigenvalue weighted by atomic mass is 16.2. The Morgan fingerprint density at radius 2 is 2.22 bits per heavy atom. The highest BCUT2D eigenvalue weighted by Gasteiger charge is 2.31. The highest BCUT2D eigenvalue weighted by Crippen LogP contribution is 2.34. The number of anilines is 1. The molecule has 0 aromatic heterocycles. The van der Waals surface area contributed by atoms with Gasteiger partial charge in [0.05, 0.1) is 0 Å². The van der Waals surface area contributed by atoms with E-state index in [2.05, 4.69) is 44.3 Å². The molecule has 0 saturated carbocycles. The first-order valence-corrected chi connectivity index (χ1v) is 9.19. The number of hydrogen-bond acceptors (Lipinski definition) is 2. The SMILES string of the molecule is CC(C)CC(=O)N1c2ccc(CC3CCCNC3)cc2CC1C. The van der Waals surface area contributed by atoms with E-state index in [0.29, 0.717) is 18.4 Å². The van der Waals surface area contributed by atoms with Crippen molar-refractivity contribution in [1.82, 2.24) is 5.32 Å². The Morgan fingerprint density at radius 1 is 1.39 bits per heavy atom. The van der Waals surface area contributed by atoms with Gasteiger partial charge in [0.25, 0.3) is 0 Å². The van der Waals surface area contributed by atoms with Crippen LogP contribution in [0.3, 0.4) is 0 Å². The lowest BCUT2D eigenvalue weighted by Crippen LogP contribution is -2.36. The van der Waals surface area contributed by atoms with Crippen molar-refractivity contribution in [2.75, 3.05) is 18.0 Å². The van der Waals surface area contributed by atoms with Gasteiger partial charge in [-0.05, 0) is 74.7 Å². The van der Waals surface area contributed by atoms with Gasteiger partial charge in [-0.1, -0.05) is 26.0 Å². The fourth-order valence-electron chi connectivity index (χ4n) is 4.07. The van der Waals surface area contributed by atoms with Crippen LogP contribution in [0, 0.1) is 11.8 Å². The van der Waals surface area contributed by atoms with Crippen molar-refractivity contribution < 1.29 is 4.79 Å². The molecule has 2 atom stereocenters. The second-order valence-corrected chi connectivity index (χ2v) is 7.79. The molecule has 1 amide bonds. The van der Waals surface area contributed by atoms with Gasteiger partial charge in [-0.3, -0.25) is 4.79 Å². The van der Waals surface area contributed by atoms with Gasteiger partial charge in [-0.2, -0.15) is 0 Å². The molecule has 23 heavy (non-hydrogen) atoms. The zero-order valence-electron chi connectivity index (χ0n) is 14.8. The summed E-state index contributed by atoms with van der Waals surface area (Å²) in [6, 6.07) is 7.07. The number of benzene rings is 1. The van der Waals surface area contributed by atoms with E-state index in [1.807, 2.05) is 4.90 Å². The van der Waals surface area contributed by atoms with Crippen LogP contribution in [0.2, 0.25) is 0 Å². The summed E-state index contributed by atoms with van der Waals surface area (Å²) in [4.78, 5) is 14.6. The van der Waals surface area contributed by atoms with Crippen LogP contribution >= 0.6 is 0 Å². The van der Waals surface area contributed by atoms with Gasteiger partial charge < -0.3 is 10.2 Å². The molecule has 2 aliphatic rings. The van der Waals surface area contributed by atoms with Crippen molar-refractivity contribution in [2.45, 2.75) is 58.9 Å². The van der Waals surface area contributed by atoms with Crippen LogP contribution < -0.4 is 10.2 Å². The third-order valence-corrected chi connectivity index (χ3v) is 5.13. The molecule has 0 spiro atoms. The number of rotatable bonds is 4. The van der Waals surface area contributed by atoms with Crippen molar-refractivity contribution in [1.29, 1.82) is 0 Å². The zero-order chi connectivity index (χ0) is 16.4. The maximum Gasteiger partial charge on any atom is 0.227 e. The molecule has 3 heteroatoms. The van der Waals surface area contributed by atoms with Gasteiger partial charge in [-0.15, -0.1) is 0 Å². The molecule has 0 radical (unpaired) electrons. The van der Waals surface area contributed by atoms with Gasteiger partial charge in [0.2, 0.25) is 5.91 Å². The minimum absolute atomic E-state index is 0.274. The number of hydrogen-bond donors (Lipinski definition) is 1. The van der Waals surface area contributed by atoms with E-state index in [4.69, 9.17) is 0 Å². The molecule has 1 fully saturated rings. The molecule has 3 nitrogen and oxygen atoms in total. The van der Waals surface area contributed by atoms with E-state index < -0.39 is 0 Å². The standard InChI is InChI=1S/C20H30N2O/c1-14(2)9-20(23)22-15(3)10-18-12-16(6-7-19(18)22)11-17-5-4-8-21-13-17/h6-7,12,14-15,17,21H,4-5,8-11,13H2,1-3H3. The summed E-state index contributed by atoms with van der Waals surface area (Å²) in [5.41, 5.74) is 3.94. The number of fused-ring (bicyclic) bond motifs is 1. The first-order valence-electron chi connectivity index (χ1n) is 9.19. The lowest BCUT2D eigenvalue weighted by Gasteiger charge is -2.24. The van der Waals surface area contributed by atoms with Crippen LogP contribution in [0.1, 0.15) is 51.2 Å². The van der Waals surface area contributed by atoms with Crippen molar-refractivity contribution >= 4 is 11.6 Å². The number of nitrogens with zero attached hydrogens (tertiary/aromatic N) is 1. The van der Waals surface area contributed by atoms with Crippen LogP contribution in [0.25, 0.3) is 0 Å². The Morgan fingerprint density at radius 3 is 2.91 bits per heavy atom. The first kappa shape index (κ1) is 16.5. The number of nitrogens with one attached hydrogen (secondary N) is 1. The summed E-state index contributed by atoms with van der Waals surface area (Å²) in [6.45, 7) is 8.71. The summed E-state index contributed by atoms with van der Waals surface area (Å²) in [7, 11) is 0. The second-order valence-electron chi connectivity index (χ2n) is 7.79. The average molecular weight is 314 g/mol. The molecular formula is C20H30N2O. The number of piperidine rings is 1. The maximum absolute atomic E-state index is 12.5. The molecule has 126 valence electrons. The molecule has 2 aliphatic heterocycles. The van der Waals surface area contributed by atoms with E-state index in [0.717, 1.165) is 31.0 Å². The third-order valence-electron chi connectivity index (χ3n) is 5.13. The van der Waals surface area contributed by atoms with Crippen LogP contribution in [-0.2, 0) is 17.6 Å². The quantitative estimate of drug-likeness (QED) is 0.922. The number of carbonyl (C=O) groups excluding carboxylic acids is 1. The molecule has 1 saturated heterocycles. The smallest absolute Gasteiger partial charge is 0.227 e. The minimum Gasteiger partial charge on any atom is -0.316 e. The summed E-state index contributed by atoms with van der Waals surface area (Å²) in [5.74, 6) is 1.45.